The van der Waals surface area contributed by atoms with Crippen LogP contribution >= 0.6 is 0 Å². The smallest absolute Gasteiger partial charge is 0.343 e. The first-order valence-corrected chi connectivity index (χ1v) is 7.62. The summed E-state index contributed by atoms with van der Waals surface area (Å²) in [6.45, 7) is 6.45. The van der Waals surface area contributed by atoms with E-state index in [1.165, 1.54) is 18.2 Å². The van der Waals surface area contributed by atoms with Crippen molar-refractivity contribution >= 4 is 11.8 Å². The normalized spacial score (nSPS) is 13.3. The Kier molecular flexibility index (Phi) is 3.88. The van der Waals surface area contributed by atoms with Crippen molar-refractivity contribution in [3.05, 3.63) is 46.6 Å². The Morgan fingerprint density at radius 3 is 2.55 bits per heavy atom. The van der Waals surface area contributed by atoms with Crippen LogP contribution in [0.5, 0.6) is 0 Å². The van der Waals surface area contributed by atoms with E-state index in [2.05, 4.69) is 41.2 Å². The Bertz CT molecular complexity index is 689. The quantitative estimate of drug-likeness (QED) is 0.814. The number of fused-ring (bicyclic) bond motifs is 1. The summed E-state index contributed by atoms with van der Waals surface area (Å²) in [4.78, 5) is 14.2. The molecule has 0 atom stereocenters. The van der Waals surface area contributed by atoms with E-state index in [0.717, 1.165) is 37.6 Å². The van der Waals surface area contributed by atoms with Crippen molar-refractivity contribution in [2.75, 3.05) is 18.6 Å². The summed E-state index contributed by atoms with van der Waals surface area (Å²) in [6.07, 6.45) is 1.04. The number of esters is 1. The molecule has 22 heavy (non-hydrogen) atoms. The molecule has 1 aromatic carbocycles. The zero-order valence-corrected chi connectivity index (χ0v) is 13.3. The molecule has 0 spiro atoms. The predicted molar refractivity (Wildman–Crippen MR) is 85.2 cm³/mol. The van der Waals surface area contributed by atoms with Crippen molar-refractivity contribution in [2.24, 2.45) is 0 Å². The van der Waals surface area contributed by atoms with Gasteiger partial charge in [-0.15, -0.1) is 0 Å². The molecule has 2 heterocycles. The highest BCUT2D eigenvalue weighted by atomic mass is 16.5. The maximum absolute atomic E-state index is 12.0. The van der Waals surface area contributed by atoms with Crippen LogP contribution in [0, 0.1) is 6.92 Å². The first-order chi connectivity index (χ1) is 10.6. The number of benzene rings is 1. The van der Waals surface area contributed by atoms with E-state index in [1.807, 2.05) is 11.6 Å². The second-order valence-electron chi connectivity index (χ2n) is 5.59. The Hall–Kier alpha value is -2.30. The van der Waals surface area contributed by atoms with Gasteiger partial charge in [-0.05, 0) is 24.5 Å². The van der Waals surface area contributed by atoms with Crippen LogP contribution in [0.25, 0.3) is 0 Å². The van der Waals surface area contributed by atoms with Gasteiger partial charge >= 0.3 is 5.97 Å². The van der Waals surface area contributed by atoms with Gasteiger partial charge in [0.05, 0.1) is 19.3 Å². The van der Waals surface area contributed by atoms with Gasteiger partial charge < -0.3 is 9.64 Å². The lowest BCUT2D eigenvalue weighted by Crippen LogP contribution is -2.22. The van der Waals surface area contributed by atoms with Gasteiger partial charge in [-0.1, -0.05) is 31.2 Å². The first-order valence-electron chi connectivity index (χ1n) is 7.62. The van der Waals surface area contributed by atoms with Crippen molar-refractivity contribution in [3.63, 3.8) is 0 Å². The molecule has 1 aromatic heterocycles. The molecule has 2 aromatic rings. The summed E-state index contributed by atoms with van der Waals surface area (Å²) in [5.41, 5.74) is 3.89. The largest absolute Gasteiger partial charge is 0.465 e. The molecule has 0 amide bonds. The zero-order chi connectivity index (χ0) is 15.7. The average Bonchev–Trinajstić information content (AvgIpc) is 3.06. The minimum Gasteiger partial charge on any atom is -0.465 e. The van der Waals surface area contributed by atoms with Crippen LogP contribution in [0.4, 0.5) is 5.82 Å². The molecule has 5 heteroatoms. The number of methoxy groups -OCH3 is 1. The van der Waals surface area contributed by atoms with E-state index in [4.69, 9.17) is 4.74 Å². The molecule has 0 saturated carbocycles. The molecule has 5 nitrogen and oxygen atoms in total. The van der Waals surface area contributed by atoms with Gasteiger partial charge in [-0.3, -0.25) is 0 Å². The second-order valence-corrected chi connectivity index (χ2v) is 5.59. The highest BCUT2D eigenvalue weighted by Crippen LogP contribution is 2.30. The monoisotopic (exact) mass is 299 g/mol. The summed E-state index contributed by atoms with van der Waals surface area (Å²) in [6, 6.07) is 8.63. The summed E-state index contributed by atoms with van der Waals surface area (Å²) >= 11 is 0. The van der Waals surface area contributed by atoms with Gasteiger partial charge in [0.1, 0.15) is 11.4 Å². The molecular weight excluding hydrogens is 278 g/mol. The summed E-state index contributed by atoms with van der Waals surface area (Å²) in [5.74, 6) is 0.566. The van der Waals surface area contributed by atoms with Gasteiger partial charge in [-0.2, -0.15) is 5.10 Å². The van der Waals surface area contributed by atoms with Gasteiger partial charge in [-0.25, -0.2) is 9.48 Å². The van der Waals surface area contributed by atoms with Gasteiger partial charge in [0, 0.05) is 13.1 Å². The van der Waals surface area contributed by atoms with E-state index in [0.29, 0.717) is 5.56 Å². The SMILES string of the molecule is CCc1ccc(CN2CCn3nc(C)c(C(=O)OC)c32)cc1. The van der Waals surface area contributed by atoms with Crippen LogP contribution < -0.4 is 4.90 Å². The third kappa shape index (κ3) is 2.47. The highest BCUT2D eigenvalue weighted by molar-refractivity contribution is 5.96. The van der Waals surface area contributed by atoms with E-state index >= 15 is 0 Å². The van der Waals surface area contributed by atoms with Crippen LogP contribution in [-0.2, 0) is 24.2 Å². The number of carbonyl (C=O) groups is 1. The molecule has 0 N–H and O–H groups in total. The number of rotatable bonds is 4. The summed E-state index contributed by atoms with van der Waals surface area (Å²) < 4.78 is 6.82. The van der Waals surface area contributed by atoms with Gasteiger partial charge in [0.15, 0.2) is 0 Å². The van der Waals surface area contributed by atoms with Gasteiger partial charge in [0.2, 0.25) is 0 Å². The lowest BCUT2D eigenvalue weighted by molar-refractivity contribution is 0.0600. The number of hydrogen-bond donors (Lipinski definition) is 0. The molecule has 1 aliphatic heterocycles. The Morgan fingerprint density at radius 1 is 1.23 bits per heavy atom. The molecule has 116 valence electrons. The molecule has 0 saturated heterocycles. The fourth-order valence-corrected chi connectivity index (χ4v) is 2.96. The first kappa shape index (κ1) is 14.6. The molecule has 1 aliphatic rings. The van der Waals surface area contributed by atoms with Crippen molar-refractivity contribution in [2.45, 2.75) is 33.4 Å². The van der Waals surface area contributed by atoms with E-state index in [1.54, 1.807) is 0 Å². The predicted octanol–water partition coefficient (Wildman–Crippen LogP) is 2.56. The molecule has 0 unspecified atom stereocenters. The third-order valence-corrected chi connectivity index (χ3v) is 4.18. The number of ether oxygens (including phenoxy) is 1. The van der Waals surface area contributed by atoms with Crippen molar-refractivity contribution in [1.82, 2.24) is 9.78 Å². The molecule has 0 bridgehead atoms. The van der Waals surface area contributed by atoms with E-state index in [-0.39, 0.29) is 5.97 Å². The lowest BCUT2D eigenvalue weighted by atomic mass is 10.1. The minimum absolute atomic E-state index is 0.313. The van der Waals surface area contributed by atoms with Crippen LogP contribution in [0.1, 0.15) is 34.1 Å². The Balaban J connectivity index is 1.88. The van der Waals surface area contributed by atoms with Crippen molar-refractivity contribution < 1.29 is 9.53 Å². The minimum atomic E-state index is -0.313. The average molecular weight is 299 g/mol. The van der Waals surface area contributed by atoms with Crippen LogP contribution in [0.15, 0.2) is 24.3 Å². The van der Waals surface area contributed by atoms with Crippen LogP contribution in [0.3, 0.4) is 0 Å². The zero-order valence-electron chi connectivity index (χ0n) is 13.3. The molecule has 0 fully saturated rings. The maximum atomic E-state index is 12.0. The second kappa shape index (κ2) is 5.83. The summed E-state index contributed by atoms with van der Waals surface area (Å²) in [7, 11) is 1.41. The molecule has 0 aliphatic carbocycles. The van der Waals surface area contributed by atoms with Crippen LogP contribution in [-0.4, -0.2) is 29.4 Å². The molecule has 0 radical (unpaired) electrons. The van der Waals surface area contributed by atoms with E-state index < -0.39 is 0 Å². The number of nitrogens with zero attached hydrogens (tertiary/aromatic N) is 3. The van der Waals surface area contributed by atoms with Crippen LogP contribution in [0.2, 0.25) is 0 Å². The summed E-state index contributed by atoms with van der Waals surface area (Å²) in [5, 5.41) is 4.45. The molecular formula is C17H21N3O2. The number of aromatic nitrogens is 2. The Labute approximate surface area is 130 Å². The van der Waals surface area contributed by atoms with Crippen molar-refractivity contribution in [1.29, 1.82) is 0 Å². The number of anilines is 1. The standard InChI is InChI=1S/C17H21N3O2/c1-4-13-5-7-14(8-6-13)11-19-9-10-20-16(19)15(12(2)18-20)17(21)22-3/h5-8H,4,9-11H2,1-3H3. The number of carbonyl (C=O) groups excluding carboxylic acids is 1. The number of aryl methyl sites for hydroxylation is 2. The van der Waals surface area contributed by atoms with E-state index in [9.17, 15) is 4.79 Å². The number of hydrogen-bond acceptors (Lipinski definition) is 4. The lowest BCUT2D eigenvalue weighted by Gasteiger charge is -2.18. The molecule has 3 rings (SSSR count). The van der Waals surface area contributed by atoms with Crippen molar-refractivity contribution in [3.8, 4) is 0 Å². The third-order valence-electron chi connectivity index (χ3n) is 4.18. The topological polar surface area (TPSA) is 47.4 Å². The van der Waals surface area contributed by atoms with Gasteiger partial charge in [0.25, 0.3) is 0 Å². The Morgan fingerprint density at radius 2 is 1.91 bits per heavy atom. The fraction of sp³-hybridized carbons (Fsp3) is 0.412. The fourth-order valence-electron chi connectivity index (χ4n) is 2.96. The highest BCUT2D eigenvalue weighted by Gasteiger charge is 2.30. The maximum Gasteiger partial charge on any atom is 0.343 e.